The van der Waals surface area contributed by atoms with Crippen LogP contribution < -0.4 is 4.90 Å². The molecule has 8 aromatic rings. The van der Waals surface area contributed by atoms with Crippen LogP contribution in [0.3, 0.4) is 0 Å². The van der Waals surface area contributed by atoms with E-state index in [2.05, 4.69) is 157 Å². The van der Waals surface area contributed by atoms with Gasteiger partial charge in [-0.3, -0.25) is 0 Å². The minimum absolute atomic E-state index is 0.103. The van der Waals surface area contributed by atoms with Gasteiger partial charge in [0.25, 0.3) is 0 Å². The molecule has 0 atom stereocenters. The second-order valence-corrected chi connectivity index (χ2v) is 19.2. The Morgan fingerprint density at radius 3 is 1.83 bits per heavy atom. The molecule has 2 heteroatoms. The maximum Gasteiger partial charge on any atom is 0.143 e. The average Bonchev–Trinajstić information content (AvgIpc) is 4.05. The van der Waals surface area contributed by atoms with Crippen LogP contribution in [0.2, 0.25) is 0 Å². The molecule has 1 aromatic heterocycles. The van der Waals surface area contributed by atoms with E-state index in [4.69, 9.17) is 4.42 Å². The molecule has 0 unspecified atom stereocenters. The average molecular weight is 762 g/mol. The molecular weight excluding hydrogens is 715 g/mol. The van der Waals surface area contributed by atoms with Crippen LogP contribution in [0.1, 0.15) is 80.0 Å². The Bertz CT molecular complexity index is 3000. The number of nitrogens with zero attached hydrogens (tertiary/aromatic N) is 1. The van der Waals surface area contributed by atoms with Gasteiger partial charge in [0.05, 0.1) is 0 Å². The fourth-order valence-corrected chi connectivity index (χ4v) is 14.6. The van der Waals surface area contributed by atoms with Gasteiger partial charge in [-0.25, -0.2) is 0 Å². The third-order valence-corrected chi connectivity index (χ3v) is 16.6. The minimum Gasteiger partial charge on any atom is -0.455 e. The van der Waals surface area contributed by atoms with Gasteiger partial charge in [0.15, 0.2) is 0 Å². The lowest BCUT2D eigenvalue weighted by molar-refractivity contribution is -0.0399. The normalized spacial score (nSPS) is 24.9. The van der Waals surface area contributed by atoms with Crippen LogP contribution in [0.5, 0.6) is 0 Å². The summed E-state index contributed by atoms with van der Waals surface area (Å²) in [5, 5.41) is 2.33. The van der Waals surface area contributed by atoms with Crippen LogP contribution in [0.25, 0.3) is 55.3 Å². The van der Waals surface area contributed by atoms with Crippen molar-refractivity contribution in [2.45, 2.75) is 68.6 Å². The van der Waals surface area contributed by atoms with Crippen LogP contribution in [-0.2, 0) is 10.8 Å². The quantitative estimate of drug-likeness (QED) is 0.178. The molecule has 7 aliphatic carbocycles. The monoisotopic (exact) mass is 761 g/mol. The van der Waals surface area contributed by atoms with Gasteiger partial charge in [-0.1, -0.05) is 122 Å². The molecule has 0 radical (unpaired) electrons. The van der Waals surface area contributed by atoms with Gasteiger partial charge in [0, 0.05) is 44.2 Å². The molecule has 1 heterocycles. The fourth-order valence-electron chi connectivity index (χ4n) is 14.6. The maximum absolute atomic E-state index is 6.51. The van der Waals surface area contributed by atoms with Gasteiger partial charge in [-0.15, -0.1) is 0 Å². The van der Waals surface area contributed by atoms with Crippen molar-refractivity contribution >= 4 is 39.0 Å². The minimum atomic E-state index is 0.103. The first-order chi connectivity index (χ1) is 29.2. The third-order valence-electron chi connectivity index (χ3n) is 16.6. The van der Waals surface area contributed by atoms with E-state index in [-0.39, 0.29) is 10.8 Å². The van der Waals surface area contributed by atoms with E-state index in [1.807, 2.05) is 0 Å². The molecule has 0 amide bonds. The van der Waals surface area contributed by atoms with Gasteiger partial charge in [0.1, 0.15) is 11.2 Å². The first-order valence-electron chi connectivity index (χ1n) is 22.5. The van der Waals surface area contributed by atoms with Gasteiger partial charge in [-0.2, -0.15) is 0 Å². The number of hydrogen-bond donors (Lipinski definition) is 0. The van der Waals surface area contributed by atoms with Crippen LogP contribution in [0.4, 0.5) is 17.1 Å². The van der Waals surface area contributed by atoms with Crippen molar-refractivity contribution in [3.05, 3.63) is 174 Å². The molecule has 4 bridgehead atoms. The van der Waals surface area contributed by atoms with Crippen LogP contribution in [0.15, 0.2) is 156 Å². The zero-order chi connectivity index (χ0) is 38.5. The largest absolute Gasteiger partial charge is 0.455 e. The predicted molar refractivity (Wildman–Crippen MR) is 242 cm³/mol. The highest BCUT2D eigenvalue weighted by atomic mass is 16.3. The van der Waals surface area contributed by atoms with Gasteiger partial charge in [0.2, 0.25) is 0 Å². The van der Waals surface area contributed by atoms with E-state index < -0.39 is 0 Å². The summed E-state index contributed by atoms with van der Waals surface area (Å²) >= 11 is 0. The lowest BCUT2D eigenvalue weighted by Gasteiger charge is -2.61. The lowest BCUT2D eigenvalue weighted by Crippen LogP contribution is -2.55. The second kappa shape index (κ2) is 11.9. The smallest absolute Gasteiger partial charge is 0.143 e. The Morgan fingerprint density at radius 2 is 1.03 bits per heavy atom. The molecule has 5 saturated carbocycles. The summed E-state index contributed by atoms with van der Waals surface area (Å²) in [6.45, 7) is 0. The summed E-state index contributed by atoms with van der Waals surface area (Å²) in [7, 11) is 0. The van der Waals surface area contributed by atoms with Gasteiger partial charge < -0.3 is 9.32 Å². The van der Waals surface area contributed by atoms with Crippen molar-refractivity contribution in [2.75, 3.05) is 4.90 Å². The predicted octanol–water partition coefficient (Wildman–Crippen LogP) is 15.3. The number of para-hydroxylation sites is 2. The van der Waals surface area contributed by atoms with Crippen molar-refractivity contribution in [2.24, 2.45) is 23.7 Å². The zero-order valence-electron chi connectivity index (χ0n) is 33.5. The van der Waals surface area contributed by atoms with E-state index in [9.17, 15) is 0 Å². The Labute approximate surface area is 346 Å². The van der Waals surface area contributed by atoms with Crippen molar-refractivity contribution in [1.82, 2.24) is 0 Å². The number of anilines is 3. The molecule has 286 valence electrons. The number of hydrogen-bond acceptors (Lipinski definition) is 2. The summed E-state index contributed by atoms with van der Waals surface area (Å²) in [6.07, 6.45) is 12.1. The summed E-state index contributed by atoms with van der Waals surface area (Å²) < 4.78 is 6.51. The molecule has 5 fully saturated rings. The molecular formula is C57H47NO. The number of fused-ring (bicyclic) bond motifs is 11. The molecule has 15 rings (SSSR count). The lowest BCUT2D eigenvalue weighted by atomic mass is 9.43. The number of rotatable bonds is 4. The molecule has 7 aromatic carbocycles. The molecule has 2 nitrogen and oxygen atoms in total. The summed E-state index contributed by atoms with van der Waals surface area (Å²) in [5.74, 6) is 3.38. The van der Waals surface area contributed by atoms with E-state index in [0.717, 1.165) is 40.4 Å². The van der Waals surface area contributed by atoms with E-state index >= 15 is 0 Å². The standard InChI is InChI=1S/C57H47NO/c1-4-15-50-44(10-1)46-24-22-42(34-53(46)56(50)26-7-8-27-56)58(40-20-18-37(19-21-40)43-13-9-14-48-47-12-3-6-17-54(47)59-55(43)48)41-23-25-52-49(33-41)45-11-2-5-16-51(45)57(52)38-29-35-28-36(31-38)32-39(57)30-35/h1-6,9-25,33-36,38-39H,7-8,26-32H2. The van der Waals surface area contributed by atoms with Gasteiger partial charge in [-0.05, 0) is 161 Å². The first kappa shape index (κ1) is 33.0. The summed E-state index contributed by atoms with van der Waals surface area (Å²) in [6, 6.07) is 58.1. The Hall–Kier alpha value is -5.86. The zero-order valence-corrected chi connectivity index (χ0v) is 33.5. The fraction of sp³-hybridized carbons (Fsp3) is 0.263. The Morgan fingerprint density at radius 1 is 0.441 bits per heavy atom. The molecule has 2 spiro atoms. The van der Waals surface area contributed by atoms with Crippen molar-refractivity contribution in [1.29, 1.82) is 0 Å². The first-order valence-corrected chi connectivity index (χ1v) is 22.5. The van der Waals surface area contributed by atoms with Crippen LogP contribution in [0, 0.1) is 23.7 Å². The highest BCUT2D eigenvalue weighted by molar-refractivity contribution is 6.09. The van der Waals surface area contributed by atoms with Crippen LogP contribution in [-0.4, -0.2) is 0 Å². The molecule has 7 aliphatic rings. The summed E-state index contributed by atoms with van der Waals surface area (Å²) in [4.78, 5) is 2.56. The SMILES string of the molecule is c1ccc2c(c1)-c1ccc(N(c3ccc(-c4cccc5c4oc4ccccc45)cc3)c3ccc4c(c3)-c3ccccc3C43C4CC5CC(C4)CC3C5)cc1C21CCCC1. The Kier molecular flexibility index (Phi) is 6.65. The number of furan rings is 1. The van der Waals surface area contributed by atoms with E-state index in [1.165, 1.54) is 125 Å². The van der Waals surface area contributed by atoms with Crippen LogP contribution >= 0.6 is 0 Å². The maximum atomic E-state index is 6.51. The topological polar surface area (TPSA) is 16.4 Å². The highest BCUT2D eigenvalue weighted by Crippen LogP contribution is 2.69. The summed E-state index contributed by atoms with van der Waals surface area (Å²) in [5.41, 5.74) is 20.2. The molecule has 0 saturated heterocycles. The van der Waals surface area contributed by atoms with Crippen molar-refractivity contribution in [3.63, 3.8) is 0 Å². The Balaban J connectivity index is 0.947. The van der Waals surface area contributed by atoms with E-state index in [1.54, 1.807) is 11.1 Å². The molecule has 0 aliphatic heterocycles. The number of benzene rings is 7. The molecule has 59 heavy (non-hydrogen) atoms. The highest BCUT2D eigenvalue weighted by Gasteiger charge is 2.61. The van der Waals surface area contributed by atoms with Gasteiger partial charge >= 0.3 is 0 Å². The molecule has 0 N–H and O–H groups in total. The van der Waals surface area contributed by atoms with Crippen molar-refractivity contribution < 1.29 is 4.42 Å². The van der Waals surface area contributed by atoms with Crippen molar-refractivity contribution in [3.8, 4) is 33.4 Å². The second-order valence-electron chi connectivity index (χ2n) is 19.2. The van der Waals surface area contributed by atoms with E-state index in [0.29, 0.717) is 0 Å². The third kappa shape index (κ3) is 4.32.